The van der Waals surface area contributed by atoms with E-state index in [0.29, 0.717) is 24.0 Å². The molecule has 2 atom stereocenters. The van der Waals surface area contributed by atoms with Crippen molar-refractivity contribution in [1.82, 2.24) is 10.2 Å². The van der Waals surface area contributed by atoms with Gasteiger partial charge in [0.2, 0.25) is 0 Å². The minimum absolute atomic E-state index is 0.547. The van der Waals surface area contributed by atoms with E-state index in [9.17, 15) is 4.21 Å². The molecule has 2 rings (SSSR count). The first kappa shape index (κ1) is 16.4. The molecule has 2 fully saturated rings. The Morgan fingerprint density at radius 3 is 2.40 bits per heavy atom. The van der Waals surface area contributed by atoms with Gasteiger partial charge < -0.3 is 5.32 Å². The maximum Gasteiger partial charge on any atom is 0.0249 e. The van der Waals surface area contributed by atoms with Crippen LogP contribution in [0.5, 0.6) is 0 Å². The van der Waals surface area contributed by atoms with E-state index < -0.39 is 10.8 Å². The molecule has 118 valence electrons. The van der Waals surface area contributed by atoms with E-state index in [1.54, 1.807) is 0 Å². The zero-order chi connectivity index (χ0) is 14.7. The Labute approximate surface area is 127 Å². The average molecular weight is 301 g/mol. The van der Waals surface area contributed by atoms with Crippen LogP contribution < -0.4 is 5.32 Å². The molecule has 2 saturated heterocycles. The summed E-state index contributed by atoms with van der Waals surface area (Å²) in [6.07, 6.45) is 3.52. The topological polar surface area (TPSA) is 32.3 Å². The molecule has 0 aliphatic carbocycles. The summed E-state index contributed by atoms with van der Waals surface area (Å²) >= 11 is 0. The van der Waals surface area contributed by atoms with Crippen LogP contribution in [0.2, 0.25) is 0 Å². The second-order valence-electron chi connectivity index (χ2n) is 7.32. The summed E-state index contributed by atoms with van der Waals surface area (Å²) in [6.45, 7) is 11.6. The van der Waals surface area contributed by atoms with Crippen LogP contribution in [0.4, 0.5) is 0 Å². The Bertz CT molecular complexity index is 322. The van der Waals surface area contributed by atoms with E-state index in [1.807, 2.05) is 0 Å². The minimum Gasteiger partial charge on any atom is -0.311 e. The number of nitrogens with one attached hydrogen (secondary N) is 1. The lowest BCUT2D eigenvalue weighted by molar-refractivity contribution is 0.0470. The molecular formula is C16H32N2OS. The summed E-state index contributed by atoms with van der Waals surface area (Å²) in [7, 11) is -0.547. The van der Waals surface area contributed by atoms with Crippen molar-refractivity contribution in [2.75, 3.05) is 24.6 Å². The van der Waals surface area contributed by atoms with Gasteiger partial charge in [-0.3, -0.25) is 9.11 Å². The third kappa shape index (κ3) is 4.28. The maximum absolute atomic E-state index is 11.6. The highest BCUT2D eigenvalue weighted by Crippen LogP contribution is 2.25. The first-order valence-electron chi connectivity index (χ1n) is 8.31. The molecule has 2 aliphatic rings. The number of nitrogens with zero attached hydrogens (tertiary/aromatic N) is 1. The maximum atomic E-state index is 11.6. The highest BCUT2D eigenvalue weighted by Gasteiger charge is 2.35. The molecule has 0 aromatic carbocycles. The summed E-state index contributed by atoms with van der Waals surface area (Å²) < 4.78 is 11.6. The van der Waals surface area contributed by atoms with Crippen LogP contribution in [0, 0.1) is 11.8 Å². The van der Waals surface area contributed by atoms with Crippen LogP contribution in [0.1, 0.15) is 47.0 Å². The lowest BCUT2D eigenvalue weighted by Crippen LogP contribution is -2.62. The molecule has 0 aromatic rings. The van der Waals surface area contributed by atoms with Gasteiger partial charge in [0.25, 0.3) is 0 Å². The largest absolute Gasteiger partial charge is 0.311 e. The van der Waals surface area contributed by atoms with E-state index in [2.05, 4.69) is 37.9 Å². The summed E-state index contributed by atoms with van der Waals surface area (Å²) in [5, 5.41) is 3.76. The molecule has 1 N–H and O–H groups in total. The van der Waals surface area contributed by atoms with Crippen LogP contribution in [0.15, 0.2) is 0 Å². The Hall–Kier alpha value is 0.0700. The summed E-state index contributed by atoms with van der Waals surface area (Å²) in [5.41, 5.74) is 0. The second-order valence-corrected chi connectivity index (χ2v) is 9.02. The first-order valence-corrected chi connectivity index (χ1v) is 9.80. The third-order valence-electron chi connectivity index (χ3n) is 4.82. The highest BCUT2D eigenvalue weighted by molar-refractivity contribution is 7.85. The summed E-state index contributed by atoms with van der Waals surface area (Å²) in [6, 6.07) is 1.95. The molecule has 0 bridgehead atoms. The molecular weight excluding hydrogens is 268 g/mol. The zero-order valence-electron chi connectivity index (χ0n) is 13.6. The molecule has 0 aromatic heterocycles. The van der Waals surface area contributed by atoms with Crippen LogP contribution >= 0.6 is 0 Å². The monoisotopic (exact) mass is 300 g/mol. The van der Waals surface area contributed by atoms with Crippen molar-refractivity contribution in [1.29, 1.82) is 0 Å². The lowest BCUT2D eigenvalue weighted by Gasteiger charge is -2.47. The predicted octanol–water partition coefficient (Wildman–Crippen LogP) is 2.24. The quantitative estimate of drug-likeness (QED) is 0.864. The van der Waals surface area contributed by atoms with Crippen molar-refractivity contribution in [2.45, 2.75) is 65.1 Å². The fourth-order valence-corrected chi connectivity index (χ4v) is 5.01. The van der Waals surface area contributed by atoms with Gasteiger partial charge in [-0.25, -0.2) is 0 Å². The average Bonchev–Trinajstić information content (AvgIpc) is 2.38. The summed E-state index contributed by atoms with van der Waals surface area (Å²) in [4.78, 5) is 2.75. The fraction of sp³-hybridized carbons (Fsp3) is 1.00. The molecule has 0 spiro atoms. The van der Waals surface area contributed by atoms with Gasteiger partial charge in [-0.2, -0.15) is 0 Å². The smallest absolute Gasteiger partial charge is 0.0249 e. The van der Waals surface area contributed by atoms with Crippen molar-refractivity contribution in [3.63, 3.8) is 0 Å². The van der Waals surface area contributed by atoms with Crippen molar-refractivity contribution >= 4 is 10.8 Å². The lowest BCUT2D eigenvalue weighted by atomic mass is 9.92. The Balaban J connectivity index is 2.00. The highest BCUT2D eigenvalue weighted by atomic mass is 32.2. The van der Waals surface area contributed by atoms with Gasteiger partial charge in [-0.1, -0.05) is 27.7 Å². The van der Waals surface area contributed by atoms with Crippen molar-refractivity contribution in [3.8, 4) is 0 Å². The van der Waals surface area contributed by atoms with Crippen molar-refractivity contribution in [3.05, 3.63) is 0 Å². The molecule has 2 aliphatic heterocycles. The number of hydrogen-bond donors (Lipinski definition) is 1. The number of piperazine rings is 1. The molecule has 2 heterocycles. The molecule has 0 radical (unpaired) electrons. The van der Waals surface area contributed by atoms with Crippen LogP contribution in [0.25, 0.3) is 0 Å². The Morgan fingerprint density at radius 1 is 1.20 bits per heavy atom. The summed E-state index contributed by atoms with van der Waals surface area (Å²) in [5.74, 6) is 3.27. The van der Waals surface area contributed by atoms with Crippen molar-refractivity contribution in [2.24, 2.45) is 11.8 Å². The van der Waals surface area contributed by atoms with E-state index in [0.717, 1.165) is 36.8 Å². The van der Waals surface area contributed by atoms with Gasteiger partial charge in [0.05, 0.1) is 0 Å². The van der Waals surface area contributed by atoms with Crippen LogP contribution in [0.3, 0.4) is 0 Å². The van der Waals surface area contributed by atoms with Gasteiger partial charge in [-0.15, -0.1) is 0 Å². The van der Waals surface area contributed by atoms with E-state index in [-0.39, 0.29) is 0 Å². The van der Waals surface area contributed by atoms with Crippen molar-refractivity contribution < 1.29 is 4.21 Å². The molecule has 0 saturated carbocycles. The fourth-order valence-electron chi connectivity index (χ4n) is 3.74. The van der Waals surface area contributed by atoms with Crippen LogP contribution in [-0.4, -0.2) is 51.8 Å². The molecule has 3 nitrogen and oxygen atoms in total. The van der Waals surface area contributed by atoms with Gasteiger partial charge in [0.15, 0.2) is 0 Å². The number of rotatable bonds is 4. The molecule has 4 heteroatoms. The molecule has 20 heavy (non-hydrogen) atoms. The Morgan fingerprint density at radius 2 is 1.85 bits per heavy atom. The standard InChI is InChI=1S/C16H32N2OS/c1-12(2)9-14-11-18(16(10-17-14)13(3)4)15-5-7-20(19)8-6-15/h12-17H,5-11H2,1-4H3. The zero-order valence-corrected chi connectivity index (χ0v) is 14.4. The van der Waals surface area contributed by atoms with E-state index >= 15 is 0 Å². The molecule has 0 amide bonds. The van der Waals surface area contributed by atoms with Gasteiger partial charge in [-0.05, 0) is 31.1 Å². The van der Waals surface area contributed by atoms with Gasteiger partial charge >= 0.3 is 0 Å². The van der Waals surface area contributed by atoms with E-state index in [4.69, 9.17) is 0 Å². The van der Waals surface area contributed by atoms with Gasteiger partial charge in [0, 0.05) is 53.5 Å². The second kappa shape index (κ2) is 7.37. The minimum atomic E-state index is -0.547. The van der Waals surface area contributed by atoms with Crippen LogP contribution in [-0.2, 0) is 10.8 Å². The Kier molecular flexibility index (Phi) is 6.06. The van der Waals surface area contributed by atoms with Gasteiger partial charge in [0.1, 0.15) is 0 Å². The number of hydrogen-bond acceptors (Lipinski definition) is 3. The molecule has 2 unspecified atom stereocenters. The normalized spacial score (nSPS) is 36.7. The first-order chi connectivity index (χ1) is 9.47. The predicted molar refractivity (Wildman–Crippen MR) is 87.5 cm³/mol. The SMILES string of the molecule is CC(C)CC1CN(C2CCS(=O)CC2)C(C(C)C)CN1. The third-order valence-corrected chi connectivity index (χ3v) is 6.21. The van der Waals surface area contributed by atoms with E-state index in [1.165, 1.54) is 13.0 Å².